The van der Waals surface area contributed by atoms with Gasteiger partial charge in [0.05, 0.1) is 49.3 Å². The molecule has 4 heterocycles. The Hall–Kier alpha value is -4.44. The first-order chi connectivity index (χ1) is 18.0. The third kappa shape index (κ3) is 4.25. The molecule has 10 nitrogen and oxygen atoms in total. The predicted octanol–water partition coefficient (Wildman–Crippen LogP) is 3.69. The summed E-state index contributed by atoms with van der Waals surface area (Å²) in [5.74, 6) is 1.35. The summed E-state index contributed by atoms with van der Waals surface area (Å²) in [6.07, 6.45) is 3.51. The Bertz CT molecular complexity index is 1670. The lowest BCUT2D eigenvalue weighted by Gasteiger charge is -2.12. The highest BCUT2D eigenvalue weighted by molar-refractivity contribution is 6.04. The molecule has 37 heavy (non-hydrogen) atoms. The zero-order valence-corrected chi connectivity index (χ0v) is 21.3. The van der Waals surface area contributed by atoms with Gasteiger partial charge >= 0.3 is 5.69 Å². The molecule has 0 atom stereocenters. The fraction of sp³-hybridized carbons (Fsp3) is 0.259. The van der Waals surface area contributed by atoms with Crippen molar-refractivity contribution in [3.8, 4) is 34.3 Å². The van der Waals surface area contributed by atoms with Crippen molar-refractivity contribution < 1.29 is 18.9 Å². The van der Waals surface area contributed by atoms with E-state index in [4.69, 9.17) is 18.9 Å². The van der Waals surface area contributed by atoms with Crippen molar-refractivity contribution in [1.29, 1.82) is 0 Å². The van der Waals surface area contributed by atoms with E-state index in [-0.39, 0.29) is 11.6 Å². The van der Waals surface area contributed by atoms with Gasteiger partial charge in [-0.05, 0) is 36.8 Å². The average molecular weight is 502 g/mol. The van der Waals surface area contributed by atoms with E-state index >= 15 is 0 Å². The zero-order chi connectivity index (χ0) is 26.1. The van der Waals surface area contributed by atoms with Gasteiger partial charge in [-0.15, -0.1) is 0 Å². The van der Waals surface area contributed by atoms with Crippen molar-refractivity contribution in [3.63, 3.8) is 0 Å². The van der Waals surface area contributed by atoms with Gasteiger partial charge in [0.25, 0.3) is 0 Å². The van der Waals surface area contributed by atoms with Crippen LogP contribution >= 0.6 is 0 Å². The van der Waals surface area contributed by atoms with Crippen molar-refractivity contribution >= 4 is 21.9 Å². The molecule has 0 aliphatic rings. The lowest BCUT2D eigenvalue weighted by atomic mass is 10.0. The molecule has 0 saturated carbocycles. The summed E-state index contributed by atoms with van der Waals surface area (Å²) >= 11 is 0. The average Bonchev–Trinajstić information content (AvgIpc) is 3.19. The lowest BCUT2D eigenvalue weighted by Crippen LogP contribution is -2.21. The number of ether oxygens (including phenoxy) is 4. The minimum absolute atomic E-state index is 0.245. The van der Waals surface area contributed by atoms with E-state index in [0.717, 1.165) is 27.7 Å². The van der Waals surface area contributed by atoms with E-state index in [2.05, 4.69) is 15.0 Å². The molecule has 1 aromatic carbocycles. The molecule has 4 aromatic heterocycles. The maximum absolute atomic E-state index is 13.5. The van der Waals surface area contributed by atoms with Crippen LogP contribution in [0.2, 0.25) is 0 Å². The van der Waals surface area contributed by atoms with Gasteiger partial charge in [-0.2, -0.15) is 4.98 Å². The van der Waals surface area contributed by atoms with Crippen LogP contribution in [0.1, 0.15) is 5.69 Å². The van der Waals surface area contributed by atoms with Crippen LogP contribution < -0.4 is 19.9 Å². The van der Waals surface area contributed by atoms with E-state index in [1.165, 1.54) is 14.2 Å². The molecule has 10 heteroatoms. The summed E-state index contributed by atoms with van der Waals surface area (Å²) < 4.78 is 24.9. The van der Waals surface area contributed by atoms with Gasteiger partial charge in [0.1, 0.15) is 18.0 Å². The number of aryl methyl sites for hydroxylation is 2. The number of fused-ring (bicyclic) bond motifs is 3. The lowest BCUT2D eigenvalue weighted by molar-refractivity contribution is 0.145. The summed E-state index contributed by atoms with van der Waals surface area (Å²) in [4.78, 5) is 27.0. The van der Waals surface area contributed by atoms with Crippen molar-refractivity contribution in [1.82, 2.24) is 24.1 Å². The molecule has 0 N–H and O–H groups in total. The molecule has 190 valence electrons. The normalized spacial score (nSPS) is 11.3. The molecule has 0 aliphatic carbocycles. The molecule has 0 radical (unpaired) electrons. The molecule has 0 saturated heterocycles. The maximum atomic E-state index is 13.5. The van der Waals surface area contributed by atoms with Gasteiger partial charge in [0, 0.05) is 37.4 Å². The van der Waals surface area contributed by atoms with Gasteiger partial charge in [-0.1, -0.05) is 6.07 Å². The van der Waals surface area contributed by atoms with Crippen molar-refractivity contribution in [2.24, 2.45) is 7.05 Å². The third-order valence-corrected chi connectivity index (χ3v) is 6.26. The minimum Gasteiger partial charge on any atom is -0.489 e. The van der Waals surface area contributed by atoms with Crippen molar-refractivity contribution in [2.75, 3.05) is 34.5 Å². The highest BCUT2D eigenvalue weighted by atomic mass is 16.5. The summed E-state index contributed by atoms with van der Waals surface area (Å²) in [5, 5.41) is 0.799. The quantitative estimate of drug-likeness (QED) is 0.297. The maximum Gasteiger partial charge on any atom is 0.333 e. The molecule has 0 unspecified atom stereocenters. The van der Waals surface area contributed by atoms with Crippen LogP contribution in [0.4, 0.5) is 0 Å². The molecule has 0 spiro atoms. The second-order valence-corrected chi connectivity index (χ2v) is 8.43. The minimum atomic E-state index is -0.245. The van der Waals surface area contributed by atoms with Gasteiger partial charge in [0.2, 0.25) is 11.8 Å². The number of imidazole rings is 1. The van der Waals surface area contributed by atoms with E-state index in [1.807, 2.05) is 37.4 Å². The summed E-state index contributed by atoms with van der Waals surface area (Å²) in [5.41, 5.74) is 4.96. The van der Waals surface area contributed by atoms with E-state index in [9.17, 15) is 4.79 Å². The predicted molar refractivity (Wildman–Crippen MR) is 140 cm³/mol. The molecule has 5 aromatic rings. The van der Waals surface area contributed by atoms with Crippen LogP contribution in [0.15, 0.2) is 53.6 Å². The summed E-state index contributed by atoms with van der Waals surface area (Å²) in [7, 11) is 6.39. The topological polar surface area (TPSA) is 103 Å². The summed E-state index contributed by atoms with van der Waals surface area (Å²) in [6.45, 7) is 2.82. The fourth-order valence-electron chi connectivity index (χ4n) is 4.30. The van der Waals surface area contributed by atoms with Gasteiger partial charge in [-0.3, -0.25) is 19.1 Å². The Morgan fingerprint density at radius 2 is 1.76 bits per heavy atom. The van der Waals surface area contributed by atoms with Crippen LogP contribution in [0, 0.1) is 6.92 Å². The molecule has 5 rings (SSSR count). The molecule has 0 amide bonds. The first kappa shape index (κ1) is 24.3. The molecular weight excluding hydrogens is 474 g/mol. The number of methoxy groups -OCH3 is 3. The van der Waals surface area contributed by atoms with Crippen molar-refractivity contribution in [3.05, 3.63) is 65.0 Å². The summed E-state index contributed by atoms with van der Waals surface area (Å²) in [6, 6.07) is 11.3. The molecule has 0 fully saturated rings. The van der Waals surface area contributed by atoms with Gasteiger partial charge in [0.15, 0.2) is 0 Å². The second kappa shape index (κ2) is 9.90. The second-order valence-electron chi connectivity index (χ2n) is 8.43. The fourth-order valence-corrected chi connectivity index (χ4v) is 4.30. The Kier molecular flexibility index (Phi) is 6.49. The number of nitrogens with zero attached hydrogens (tertiary/aromatic N) is 5. The standard InChI is InChI=1S/C27H27N5O5/c1-16-23(37-11-10-34-3)13-18(14-28-16)17-6-7-20-19(12-17)25-22(15-29-20)31(2)27(33)32(25)21-8-9-24(35-4)30-26(21)36-5/h6-9,12-15H,10-11H2,1-5H3. The first-order valence-electron chi connectivity index (χ1n) is 11.6. The Morgan fingerprint density at radius 3 is 2.51 bits per heavy atom. The number of benzene rings is 1. The smallest absolute Gasteiger partial charge is 0.333 e. The largest absolute Gasteiger partial charge is 0.489 e. The molecule has 0 aliphatic heterocycles. The number of pyridine rings is 3. The zero-order valence-electron chi connectivity index (χ0n) is 21.3. The van der Waals surface area contributed by atoms with Crippen LogP contribution in [0.3, 0.4) is 0 Å². The Labute approximate surface area is 213 Å². The van der Waals surface area contributed by atoms with Crippen molar-refractivity contribution in [2.45, 2.75) is 6.92 Å². The van der Waals surface area contributed by atoms with Crippen LogP contribution in [-0.2, 0) is 11.8 Å². The van der Waals surface area contributed by atoms with E-state index in [1.54, 1.807) is 41.6 Å². The van der Waals surface area contributed by atoms with Crippen LogP contribution in [-0.4, -0.2) is 58.6 Å². The number of hydrogen-bond acceptors (Lipinski definition) is 8. The third-order valence-electron chi connectivity index (χ3n) is 6.26. The SMILES string of the molecule is COCCOc1cc(-c2ccc3ncc4c(c3c2)n(-c2ccc(OC)nc2OC)c(=O)n4C)cnc1C. The van der Waals surface area contributed by atoms with Gasteiger partial charge in [-0.25, -0.2) is 4.79 Å². The van der Waals surface area contributed by atoms with Gasteiger partial charge < -0.3 is 18.9 Å². The Balaban J connectivity index is 1.73. The van der Waals surface area contributed by atoms with E-state index < -0.39 is 0 Å². The first-order valence-corrected chi connectivity index (χ1v) is 11.6. The highest BCUT2D eigenvalue weighted by Gasteiger charge is 2.20. The van der Waals surface area contributed by atoms with Crippen LogP contribution in [0.25, 0.3) is 38.8 Å². The molecular formula is C27H27N5O5. The number of rotatable bonds is 8. The van der Waals surface area contributed by atoms with Crippen LogP contribution in [0.5, 0.6) is 17.5 Å². The molecule has 0 bridgehead atoms. The highest BCUT2D eigenvalue weighted by Crippen LogP contribution is 2.33. The Morgan fingerprint density at radius 1 is 0.919 bits per heavy atom. The number of aromatic nitrogens is 5. The monoisotopic (exact) mass is 501 g/mol. The van der Waals surface area contributed by atoms with E-state index in [0.29, 0.717) is 41.6 Å². The number of hydrogen-bond donors (Lipinski definition) is 0.